The second kappa shape index (κ2) is 7.85. The molecule has 6 heteroatoms. The minimum absolute atomic E-state index is 0.0666. The second-order valence-electron chi connectivity index (χ2n) is 6.65. The Bertz CT molecular complexity index is 746. The number of carbonyl (C=O) groups is 1. The molecule has 6 nitrogen and oxygen atoms in total. The molecule has 1 amide bonds. The van der Waals surface area contributed by atoms with Gasteiger partial charge in [0.1, 0.15) is 6.17 Å². The van der Waals surface area contributed by atoms with Crippen molar-refractivity contribution in [1.29, 1.82) is 0 Å². The number of pyridine rings is 1. The lowest BCUT2D eigenvalue weighted by Crippen LogP contribution is -2.45. The fourth-order valence-corrected chi connectivity index (χ4v) is 3.58. The first-order chi connectivity index (χ1) is 12.8. The molecule has 1 fully saturated rings. The van der Waals surface area contributed by atoms with Crippen LogP contribution in [0.25, 0.3) is 0 Å². The highest BCUT2D eigenvalue weighted by molar-refractivity contribution is 6.01. The molecule has 4 rings (SSSR count). The van der Waals surface area contributed by atoms with Gasteiger partial charge in [-0.25, -0.2) is 0 Å². The van der Waals surface area contributed by atoms with Crippen LogP contribution in [0.15, 0.2) is 48.7 Å². The van der Waals surface area contributed by atoms with E-state index in [0.29, 0.717) is 6.54 Å². The summed E-state index contributed by atoms with van der Waals surface area (Å²) in [6.07, 6.45) is 2.47. The third kappa shape index (κ3) is 3.57. The molecule has 26 heavy (non-hydrogen) atoms. The highest BCUT2D eigenvalue weighted by atomic mass is 16.5. The highest BCUT2D eigenvalue weighted by Crippen LogP contribution is 2.32. The maximum atomic E-state index is 13.1. The van der Waals surface area contributed by atoms with Crippen molar-refractivity contribution in [1.82, 2.24) is 14.8 Å². The number of fused-ring (bicyclic) bond motifs is 1. The molecule has 0 bridgehead atoms. The molecule has 1 aromatic heterocycles. The van der Waals surface area contributed by atoms with E-state index in [1.165, 1.54) is 0 Å². The molecular weight excluding hydrogens is 328 g/mol. The number of carbonyl (C=O) groups excluding carboxylic acids is 1. The third-order valence-electron chi connectivity index (χ3n) is 4.97. The van der Waals surface area contributed by atoms with Crippen LogP contribution in [0.3, 0.4) is 0 Å². The molecule has 136 valence electrons. The topological polar surface area (TPSA) is 57.7 Å². The summed E-state index contributed by atoms with van der Waals surface area (Å²) in [5.41, 5.74) is 2.46. The van der Waals surface area contributed by atoms with Gasteiger partial charge in [-0.3, -0.25) is 14.7 Å². The van der Waals surface area contributed by atoms with Crippen molar-refractivity contribution in [2.45, 2.75) is 12.6 Å². The zero-order valence-corrected chi connectivity index (χ0v) is 14.8. The average Bonchev–Trinajstić information content (AvgIpc) is 2.71. The van der Waals surface area contributed by atoms with E-state index in [1.807, 2.05) is 47.4 Å². The number of benzene rings is 1. The van der Waals surface area contributed by atoms with Crippen LogP contribution in [0.5, 0.6) is 0 Å². The summed E-state index contributed by atoms with van der Waals surface area (Å²) in [4.78, 5) is 21.9. The predicted octanol–water partition coefficient (Wildman–Crippen LogP) is 2.37. The van der Waals surface area contributed by atoms with Gasteiger partial charge in [-0.05, 0) is 30.7 Å². The molecule has 0 saturated carbocycles. The van der Waals surface area contributed by atoms with Gasteiger partial charge in [0.15, 0.2) is 0 Å². The normalized spacial score (nSPS) is 20.5. The fourth-order valence-electron chi connectivity index (χ4n) is 3.58. The van der Waals surface area contributed by atoms with Crippen molar-refractivity contribution >= 4 is 11.6 Å². The van der Waals surface area contributed by atoms with Crippen LogP contribution in [0.1, 0.15) is 28.6 Å². The average molecular weight is 352 g/mol. The number of hydrogen-bond donors (Lipinski definition) is 1. The Morgan fingerprint density at radius 2 is 1.88 bits per heavy atom. The second-order valence-corrected chi connectivity index (χ2v) is 6.65. The van der Waals surface area contributed by atoms with Crippen molar-refractivity contribution in [2.24, 2.45) is 0 Å². The van der Waals surface area contributed by atoms with E-state index in [9.17, 15) is 4.79 Å². The number of nitrogens with one attached hydrogen (secondary N) is 1. The molecule has 2 aliphatic heterocycles. The number of hydrogen-bond acceptors (Lipinski definition) is 5. The number of para-hydroxylation sites is 1. The first-order valence-electron chi connectivity index (χ1n) is 9.20. The minimum Gasteiger partial charge on any atom is -0.379 e. The molecule has 0 aliphatic carbocycles. The van der Waals surface area contributed by atoms with Gasteiger partial charge in [0, 0.05) is 38.1 Å². The van der Waals surface area contributed by atoms with Gasteiger partial charge in [-0.15, -0.1) is 0 Å². The number of ether oxygens (including phenoxy) is 1. The maximum absolute atomic E-state index is 13.1. The predicted molar refractivity (Wildman–Crippen MR) is 100.0 cm³/mol. The maximum Gasteiger partial charge on any atom is 0.257 e. The first kappa shape index (κ1) is 17.0. The van der Waals surface area contributed by atoms with Crippen LogP contribution in [0, 0.1) is 0 Å². The molecule has 0 unspecified atom stereocenters. The molecule has 1 saturated heterocycles. The van der Waals surface area contributed by atoms with Crippen LogP contribution in [-0.4, -0.2) is 60.1 Å². The molecule has 1 atom stereocenters. The van der Waals surface area contributed by atoms with E-state index in [0.717, 1.165) is 56.2 Å². The lowest BCUT2D eigenvalue weighted by molar-refractivity contribution is 0.0347. The lowest BCUT2D eigenvalue weighted by atomic mass is 10.1. The van der Waals surface area contributed by atoms with E-state index < -0.39 is 0 Å². The molecule has 3 heterocycles. The van der Waals surface area contributed by atoms with Gasteiger partial charge in [-0.2, -0.15) is 0 Å². The van der Waals surface area contributed by atoms with Crippen LogP contribution in [0.4, 0.5) is 5.69 Å². The monoisotopic (exact) mass is 352 g/mol. The fraction of sp³-hybridized carbons (Fsp3) is 0.400. The molecule has 1 aromatic carbocycles. The standard InChI is InChI=1S/C20H24N4O2/c25-20-16-6-1-2-7-17(16)22-19(18-8-3-4-9-21-18)24(20)11-5-10-23-12-14-26-15-13-23/h1-4,6-9,19,22H,5,10-15H2/t19-/m1/s1. The van der Waals surface area contributed by atoms with Crippen LogP contribution in [-0.2, 0) is 4.74 Å². The van der Waals surface area contributed by atoms with E-state index in [-0.39, 0.29) is 12.1 Å². The Hall–Kier alpha value is -2.44. The van der Waals surface area contributed by atoms with Gasteiger partial charge >= 0.3 is 0 Å². The summed E-state index contributed by atoms with van der Waals surface area (Å²) in [6, 6.07) is 13.5. The SMILES string of the molecule is O=C1c2ccccc2N[C@@H](c2ccccn2)N1CCCN1CCOCC1. The van der Waals surface area contributed by atoms with Crippen molar-refractivity contribution in [2.75, 3.05) is 44.7 Å². The molecule has 2 aromatic rings. The minimum atomic E-state index is -0.233. The number of anilines is 1. The molecule has 0 radical (unpaired) electrons. The van der Waals surface area contributed by atoms with E-state index in [2.05, 4.69) is 15.2 Å². The van der Waals surface area contributed by atoms with Crippen molar-refractivity contribution in [3.63, 3.8) is 0 Å². The van der Waals surface area contributed by atoms with Gasteiger partial charge in [0.2, 0.25) is 0 Å². The Kier molecular flexibility index (Phi) is 5.13. The molecule has 0 spiro atoms. The zero-order chi connectivity index (χ0) is 17.8. The molecule has 2 aliphatic rings. The van der Waals surface area contributed by atoms with Gasteiger partial charge < -0.3 is 15.0 Å². The molecular formula is C20H24N4O2. The summed E-state index contributed by atoms with van der Waals surface area (Å²) in [6.45, 7) is 5.21. The molecule has 1 N–H and O–H groups in total. The Morgan fingerprint density at radius 1 is 1.08 bits per heavy atom. The van der Waals surface area contributed by atoms with Gasteiger partial charge in [0.25, 0.3) is 5.91 Å². The Balaban J connectivity index is 1.51. The zero-order valence-electron chi connectivity index (χ0n) is 14.8. The summed E-state index contributed by atoms with van der Waals surface area (Å²) < 4.78 is 5.40. The van der Waals surface area contributed by atoms with Crippen LogP contribution >= 0.6 is 0 Å². The van der Waals surface area contributed by atoms with Gasteiger partial charge in [-0.1, -0.05) is 18.2 Å². The third-order valence-corrected chi connectivity index (χ3v) is 4.97. The number of nitrogens with zero attached hydrogens (tertiary/aromatic N) is 3. The van der Waals surface area contributed by atoms with Crippen molar-refractivity contribution in [3.8, 4) is 0 Å². The number of morpholine rings is 1. The van der Waals surface area contributed by atoms with E-state index in [4.69, 9.17) is 4.74 Å². The van der Waals surface area contributed by atoms with Crippen LogP contribution in [0.2, 0.25) is 0 Å². The number of rotatable bonds is 5. The van der Waals surface area contributed by atoms with Crippen molar-refractivity contribution in [3.05, 3.63) is 59.9 Å². The first-order valence-corrected chi connectivity index (χ1v) is 9.20. The quantitative estimate of drug-likeness (QED) is 0.895. The number of amides is 1. The summed E-state index contributed by atoms with van der Waals surface area (Å²) >= 11 is 0. The van der Waals surface area contributed by atoms with Gasteiger partial charge in [0.05, 0.1) is 24.5 Å². The highest BCUT2D eigenvalue weighted by Gasteiger charge is 2.33. The van der Waals surface area contributed by atoms with Crippen molar-refractivity contribution < 1.29 is 9.53 Å². The van der Waals surface area contributed by atoms with E-state index in [1.54, 1.807) is 6.20 Å². The number of aromatic nitrogens is 1. The smallest absolute Gasteiger partial charge is 0.257 e. The van der Waals surface area contributed by atoms with E-state index >= 15 is 0 Å². The Labute approximate surface area is 153 Å². The largest absolute Gasteiger partial charge is 0.379 e. The lowest BCUT2D eigenvalue weighted by Gasteiger charge is -2.38. The Morgan fingerprint density at radius 3 is 2.69 bits per heavy atom. The summed E-state index contributed by atoms with van der Waals surface area (Å²) in [7, 11) is 0. The summed E-state index contributed by atoms with van der Waals surface area (Å²) in [5, 5.41) is 3.49. The van der Waals surface area contributed by atoms with Crippen LogP contribution < -0.4 is 5.32 Å². The summed E-state index contributed by atoms with van der Waals surface area (Å²) in [5.74, 6) is 0.0666.